The van der Waals surface area contributed by atoms with Crippen LogP contribution in [0, 0.1) is 0 Å². The third-order valence-corrected chi connectivity index (χ3v) is 14.9. The van der Waals surface area contributed by atoms with Crippen LogP contribution in [-0.4, -0.2) is 0 Å². The van der Waals surface area contributed by atoms with E-state index in [0.717, 1.165) is 5.69 Å². The van der Waals surface area contributed by atoms with E-state index in [2.05, 4.69) is 205 Å². The quantitative estimate of drug-likeness (QED) is 0.162. The van der Waals surface area contributed by atoms with Gasteiger partial charge in [-0.25, -0.2) is 0 Å². The van der Waals surface area contributed by atoms with E-state index < -0.39 is 0 Å². The average Bonchev–Trinajstić information content (AvgIpc) is 3.99. The molecule has 272 valence electrons. The Balaban J connectivity index is 1.23. The monoisotopic (exact) mass is 791 g/mol. The van der Waals surface area contributed by atoms with Gasteiger partial charge in [-0.1, -0.05) is 158 Å². The SMILES string of the molecule is c1ccc(-c2ccc3c(c2)sc2c(-c4ccccc4)ccc(N(c4ccc5c(c4)sc4ccccc45)c4c(-c5ccccc5)ccc5sc6ccccc6c45)c23)cc1. The minimum absolute atomic E-state index is 1.15. The van der Waals surface area contributed by atoms with Crippen LogP contribution in [0.2, 0.25) is 0 Å². The fourth-order valence-electron chi connectivity index (χ4n) is 8.83. The van der Waals surface area contributed by atoms with E-state index in [1.54, 1.807) is 0 Å². The summed E-state index contributed by atoms with van der Waals surface area (Å²) in [6.07, 6.45) is 0. The lowest BCUT2D eigenvalue weighted by atomic mass is 9.95. The number of anilines is 3. The van der Waals surface area contributed by atoms with Crippen LogP contribution in [0.1, 0.15) is 0 Å². The molecule has 0 aliphatic heterocycles. The minimum Gasteiger partial charge on any atom is -0.308 e. The van der Waals surface area contributed by atoms with E-state index in [4.69, 9.17) is 0 Å². The maximum absolute atomic E-state index is 2.60. The molecule has 0 N–H and O–H groups in total. The van der Waals surface area contributed by atoms with Crippen LogP contribution in [0.4, 0.5) is 17.1 Å². The van der Waals surface area contributed by atoms with Crippen LogP contribution in [0.15, 0.2) is 200 Å². The second-order valence-electron chi connectivity index (χ2n) is 14.8. The fraction of sp³-hybridized carbons (Fsp3) is 0. The van der Waals surface area contributed by atoms with Gasteiger partial charge in [0.25, 0.3) is 0 Å². The average molecular weight is 792 g/mol. The van der Waals surface area contributed by atoms with E-state index in [1.807, 2.05) is 34.0 Å². The summed E-state index contributed by atoms with van der Waals surface area (Å²) in [6.45, 7) is 0. The van der Waals surface area contributed by atoms with Gasteiger partial charge in [0.1, 0.15) is 0 Å². The van der Waals surface area contributed by atoms with Crippen molar-refractivity contribution in [3.8, 4) is 33.4 Å². The maximum atomic E-state index is 2.60. The zero-order chi connectivity index (χ0) is 38.2. The summed E-state index contributed by atoms with van der Waals surface area (Å²) in [7, 11) is 0. The maximum Gasteiger partial charge on any atom is 0.0633 e. The molecule has 0 fully saturated rings. The topological polar surface area (TPSA) is 3.24 Å². The Morgan fingerprint density at radius 1 is 0.310 bits per heavy atom. The Kier molecular flexibility index (Phi) is 7.83. The number of nitrogens with zero attached hydrogens (tertiary/aromatic N) is 1. The van der Waals surface area contributed by atoms with Crippen molar-refractivity contribution in [2.45, 2.75) is 0 Å². The number of hydrogen-bond donors (Lipinski definition) is 0. The standard InChI is InChI=1S/C54H33NS3/c1-4-14-34(15-5-1)37-24-26-44-49(32-37)58-54-40(36-18-8-3-9-19-36)28-30-45(51(44)54)55(38-25-27-42-41-20-10-12-22-46(41)57-50(42)33-38)53-39(35-16-6-2-7-17-35)29-31-48-52(53)43-21-11-13-23-47(43)56-48/h1-33H. The van der Waals surface area contributed by atoms with Gasteiger partial charge in [0.05, 0.1) is 11.4 Å². The van der Waals surface area contributed by atoms with Gasteiger partial charge in [0.2, 0.25) is 0 Å². The van der Waals surface area contributed by atoms with E-state index in [0.29, 0.717) is 0 Å². The van der Waals surface area contributed by atoms with Gasteiger partial charge in [-0.05, 0) is 70.3 Å². The molecule has 0 spiro atoms. The molecule has 1 nitrogen and oxygen atoms in total. The van der Waals surface area contributed by atoms with Crippen LogP contribution in [-0.2, 0) is 0 Å². The van der Waals surface area contributed by atoms with Gasteiger partial charge >= 0.3 is 0 Å². The zero-order valence-corrected chi connectivity index (χ0v) is 33.7. The molecule has 0 saturated carbocycles. The molecule has 3 aromatic heterocycles. The first-order chi connectivity index (χ1) is 28.8. The molecular formula is C54H33NS3. The molecule has 0 saturated heterocycles. The Labute approximate surface area is 347 Å². The summed E-state index contributed by atoms with van der Waals surface area (Å²) in [5, 5.41) is 7.71. The van der Waals surface area contributed by atoms with Crippen molar-refractivity contribution in [3.05, 3.63) is 200 Å². The smallest absolute Gasteiger partial charge is 0.0633 e. The highest BCUT2D eigenvalue weighted by molar-refractivity contribution is 7.27. The second kappa shape index (κ2) is 13.5. The summed E-state index contributed by atoms with van der Waals surface area (Å²) in [4.78, 5) is 2.60. The van der Waals surface area contributed by atoms with E-state index in [9.17, 15) is 0 Å². The largest absolute Gasteiger partial charge is 0.308 e. The van der Waals surface area contributed by atoms with Gasteiger partial charge in [0, 0.05) is 71.8 Å². The Hall–Kier alpha value is -6.56. The summed E-state index contributed by atoms with van der Waals surface area (Å²) in [5.41, 5.74) is 10.9. The molecule has 4 heteroatoms. The van der Waals surface area contributed by atoms with Crippen LogP contribution in [0.3, 0.4) is 0 Å². The number of thiophene rings is 3. The Bertz CT molecular complexity index is 3500. The van der Waals surface area contributed by atoms with Crippen molar-refractivity contribution < 1.29 is 0 Å². The molecule has 12 rings (SSSR count). The summed E-state index contributed by atoms with van der Waals surface area (Å²) in [6, 6.07) is 73.9. The highest BCUT2D eigenvalue weighted by Crippen LogP contribution is 2.54. The molecule has 0 aliphatic carbocycles. The van der Waals surface area contributed by atoms with Gasteiger partial charge in [0.15, 0.2) is 0 Å². The second-order valence-corrected chi connectivity index (χ2v) is 18.0. The summed E-state index contributed by atoms with van der Waals surface area (Å²) < 4.78 is 7.74. The summed E-state index contributed by atoms with van der Waals surface area (Å²) >= 11 is 5.66. The normalized spacial score (nSPS) is 11.8. The van der Waals surface area contributed by atoms with Crippen molar-refractivity contribution in [1.29, 1.82) is 0 Å². The molecule has 58 heavy (non-hydrogen) atoms. The first kappa shape index (κ1) is 33.6. The lowest BCUT2D eigenvalue weighted by molar-refractivity contribution is 1.33. The van der Waals surface area contributed by atoms with Gasteiger partial charge in [-0.2, -0.15) is 0 Å². The molecule has 3 heterocycles. The molecule has 0 bridgehead atoms. The first-order valence-electron chi connectivity index (χ1n) is 19.6. The van der Waals surface area contributed by atoms with E-state index in [-0.39, 0.29) is 0 Å². The molecule has 0 unspecified atom stereocenters. The van der Waals surface area contributed by atoms with Gasteiger partial charge in [-0.15, -0.1) is 34.0 Å². The first-order valence-corrected chi connectivity index (χ1v) is 22.0. The Morgan fingerprint density at radius 3 is 1.62 bits per heavy atom. The highest BCUT2D eigenvalue weighted by Gasteiger charge is 2.27. The third-order valence-electron chi connectivity index (χ3n) is 11.5. The molecule has 0 aliphatic rings. The van der Waals surface area contributed by atoms with Gasteiger partial charge < -0.3 is 4.90 Å². The van der Waals surface area contributed by atoms with Crippen molar-refractivity contribution in [3.63, 3.8) is 0 Å². The lowest BCUT2D eigenvalue weighted by Gasteiger charge is -2.30. The number of rotatable bonds is 6. The van der Waals surface area contributed by atoms with Crippen LogP contribution >= 0.6 is 34.0 Å². The number of benzene rings is 9. The highest BCUT2D eigenvalue weighted by atomic mass is 32.1. The number of hydrogen-bond acceptors (Lipinski definition) is 4. The fourth-order valence-corrected chi connectivity index (χ4v) is 12.4. The lowest BCUT2D eigenvalue weighted by Crippen LogP contribution is -2.12. The molecule has 12 aromatic rings. The van der Waals surface area contributed by atoms with Crippen LogP contribution in [0.25, 0.3) is 93.9 Å². The van der Waals surface area contributed by atoms with E-state index >= 15 is 0 Å². The minimum atomic E-state index is 1.15. The van der Waals surface area contributed by atoms with Crippen molar-refractivity contribution in [2.75, 3.05) is 4.90 Å². The Morgan fingerprint density at radius 2 is 0.862 bits per heavy atom. The number of fused-ring (bicyclic) bond motifs is 9. The van der Waals surface area contributed by atoms with Crippen LogP contribution < -0.4 is 4.90 Å². The van der Waals surface area contributed by atoms with Crippen molar-refractivity contribution in [2.24, 2.45) is 0 Å². The van der Waals surface area contributed by atoms with Crippen LogP contribution in [0.5, 0.6) is 0 Å². The zero-order valence-electron chi connectivity index (χ0n) is 31.2. The predicted octanol–water partition coefficient (Wildman–Crippen LogP) is 17.3. The predicted molar refractivity (Wildman–Crippen MR) is 256 cm³/mol. The van der Waals surface area contributed by atoms with Crippen molar-refractivity contribution >= 4 is 112 Å². The summed E-state index contributed by atoms with van der Waals surface area (Å²) in [5.74, 6) is 0. The van der Waals surface area contributed by atoms with Crippen molar-refractivity contribution in [1.82, 2.24) is 0 Å². The molecule has 9 aromatic carbocycles. The van der Waals surface area contributed by atoms with E-state index in [1.165, 1.54) is 105 Å². The van der Waals surface area contributed by atoms with Gasteiger partial charge in [-0.3, -0.25) is 0 Å². The molecule has 0 amide bonds. The third kappa shape index (κ3) is 5.34. The molecule has 0 atom stereocenters. The molecule has 0 radical (unpaired) electrons. The molecular weight excluding hydrogens is 759 g/mol.